The molecule has 3 atom stereocenters. The van der Waals surface area contributed by atoms with Crippen molar-refractivity contribution in [3.8, 4) is 0 Å². The Bertz CT molecular complexity index is 869. The molecule has 1 heterocycles. The van der Waals surface area contributed by atoms with Crippen LogP contribution in [0.2, 0.25) is 5.02 Å². The molecule has 2 aliphatic rings. The number of ether oxygens (including phenoxy) is 2. The van der Waals surface area contributed by atoms with Gasteiger partial charge in [0.2, 0.25) is 0 Å². The maximum Gasteiger partial charge on any atom is 0.332 e. The highest BCUT2D eigenvalue weighted by Crippen LogP contribution is 2.41. The van der Waals surface area contributed by atoms with Crippen molar-refractivity contribution in [2.45, 2.75) is 41.8 Å². The van der Waals surface area contributed by atoms with Gasteiger partial charge in [-0.05, 0) is 24.1 Å². The van der Waals surface area contributed by atoms with Crippen molar-refractivity contribution in [2.24, 2.45) is 0 Å². The summed E-state index contributed by atoms with van der Waals surface area (Å²) in [5.74, 6) is -3.27. The molecule has 3 N–H and O–H groups in total. The normalized spacial score (nSPS) is 27.0. The third-order valence-electron chi connectivity index (χ3n) is 4.95. The van der Waals surface area contributed by atoms with E-state index in [1.807, 2.05) is 0 Å². The summed E-state index contributed by atoms with van der Waals surface area (Å²) >= 11 is 6.05. The zero-order valence-corrected chi connectivity index (χ0v) is 16.4. The summed E-state index contributed by atoms with van der Waals surface area (Å²) in [4.78, 5) is 11.8. The molecule has 3 rings (SSSR count). The summed E-state index contributed by atoms with van der Waals surface area (Å²) in [6, 6.07) is 6.48. The molecule has 1 spiro atoms. The van der Waals surface area contributed by atoms with Crippen LogP contribution >= 0.6 is 11.6 Å². The summed E-state index contributed by atoms with van der Waals surface area (Å²) in [6.07, 6.45) is -0.476. The van der Waals surface area contributed by atoms with Crippen LogP contribution in [0.15, 0.2) is 35.9 Å². The van der Waals surface area contributed by atoms with Gasteiger partial charge in [-0.3, -0.25) is 0 Å². The van der Waals surface area contributed by atoms with Gasteiger partial charge >= 0.3 is 5.97 Å². The van der Waals surface area contributed by atoms with Gasteiger partial charge in [-0.2, -0.15) is 0 Å². The lowest BCUT2D eigenvalue weighted by Crippen LogP contribution is -2.41. The lowest BCUT2D eigenvalue weighted by molar-refractivity contribution is -0.153. The number of sulfone groups is 1. The van der Waals surface area contributed by atoms with Crippen LogP contribution in [0.4, 0.5) is 0 Å². The van der Waals surface area contributed by atoms with E-state index in [0.29, 0.717) is 10.6 Å². The molecule has 0 amide bonds. The maximum atomic E-state index is 12.9. The van der Waals surface area contributed by atoms with E-state index in [-0.39, 0.29) is 18.4 Å². The van der Waals surface area contributed by atoms with E-state index < -0.39 is 58.0 Å². The van der Waals surface area contributed by atoms with Crippen LogP contribution in [-0.4, -0.2) is 66.2 Å². The van der Waals surface area contributed by atoms with E-state index in [1.54, 1.807) is 24.3 Å². The van der Waals surface area contributed by atoms with Crippen LogP contribution in [0.5, 0.6) is 0 Å². The molecule has 28 heavy (non-hydrogen) atoms. The minimum atomic E-state index is -3.88. The van der Waals surface area contributed by atoms with Crippen LogP contribution in [0.25, 0.3) is 0 Å². The molecule has 1 unspecified atom stereocenters. The minimum Gasteiger partial charge on any atom is -0.478 e. The number of carboxylic acids is 1. The fraction of sp³-hybridized carbons (Fsp3) is 0.500. The number of carbonyl (C=O) groups is 1. The Morgan fingerprint density at radius 1 is 1.18 bits per heavy atom. The van der Waals surface area contributed by atoms with Gasteiger partial charge in [-0.1, -0.05) is 29.8 Å². The maximum absolute atomic E-state index is 12.9. The molecule has 1 aromatic carbocycles. The van der Waals surface area contributed by atoms with Crippen LogP contribution in [0, 0.1) is 0 Å². The topological polar surface area (TPSA) is 130 Å². The van der Waals surface area contributed by atoms with Gasteiger partial charge in [0.05, 0.1) is 29.8 Å². The largest absolute Gasteiger partial charge is 0.478 e. The van der Waals surface area contributed by atoms with E-state index in [4.69, 9.17) is 21.1 Å². The van der Waals surface area contributed by atoms with Gasteiger partial charge in [0.1, 0.15) is 12.2 Å². The summed E-state index contributed by atoms with van der Waals surface area (Å²) in [7, 11) is -3.88. The number of rotatable bonds is 6. The third kappa shape index (κ3) is 4.10. The molecule has 0 aromatic heterocycles. The second-order valence-electron chi connectivity index (χ2n) is 6.82. The Morgan fingerprint density at radius 2 is 1.79 bits per heavy atom. The number of aliphatic carboxylic acids is 1. The predicted octanol–water partition coefficient (Wildman–Crippen LogP) is 0.893. The van der Waals surface area contributed by atoms with Crippen LogP contribution < -0.4 is 0 Å². The van der Waals surface area contributed by atoms with Gasteiger partial charge in [-0.15, -0.1) is 0 Å². The average Bonchev–Trinajstić information content (AvgIpc) is 3.00. The Labute approximate surface area is 167 Å². The Balaban J connectivity index is 1.91. The summed E-state index contributed by atoms with van der Waals surface area (Å²) in [6.45, 7) is -0.838. The van der Waals surface area contributed by atoms with Crippen LogP contribution in [0.3, 0.4) is 0 Å². The highest BCUT2D eigenvalue weighted by Gasteiger charge is 2.51. The monoisotopic (exact) mass is 432 g/mol. The first-order valence-corrected chi connectivity index (χ1v) is 10.8. The molecule has 0 bridgehead atoms. The number of aliphatic hydroxyl groups excluding tert-OH is 2. The van der Waals surface area contributed by atoms with Crippen LogP contribution in [0.1, 0.15) is 18.4 Å². The standard InChI is InChI=1S/C18H21ClO8S/c19-13-4-2-1-3-11(13)10-28(24,25)16-5-6-18(7-12(16)17(22)23)26-14(8-20)15(9-21)27-18/h1-4,7,14-16,20-21H,5-6,8-10H2,(H,22,23)/t14-,15-,16?/m0/s1. The van der Waals surface area contributed by atoms with E-state index >= 15 is 0 Å². The molecule has 154 valence electrons. The second-order valence-corrected chi connectivity index (χ2v) is 9.41. The van der Waals surface area contributed by atoms with E-state index in [1.165, 1.54) is 0 Å². The molecule has 1 aliphatic carbocycles. The first-order valence-electron chi connectivity index (χ1n) is 8.70. The van der Waals surface area contributed by atoms with Crippen molar-refractivity contribution in [3.05, 3.63) is 46.5 Å². The summed E-state index contributed by atoms with van der Waals surface area (Å²) in [5.41, 5.74) is 0.0387. The Kier molecular flexibility index (Phi) is 6.14. The Morgan fingerprint density at radius 3 is 2.32 bits per heavy atom. The highest BCUT2D eigenvalue weighted by atomic mass is 35.5. The van der Waals surface area contributed by atoms with E-state index in [9.17, 15) is 28.5 Å². The first-order chi connectivity index (χ1) is 13.2. The van der Waals surface area contributed by atoms with E-state index in [0.717, 1.165) is 6.08 Å². The molecule has 0 radical (unpaired) electrons. The first kappa shape index (κ1) is 21.2. The molecule has 10 heteroatoms. The van der Waals surface area contributed by atoms with Crippen molar-refractivity contribution in [1.29, 1.82) is 0 Å². The fourth-order valence-electron chi connectivity index (χ4n) is 3.58. The van der Waals surface area contributed by atoms with Gasteiger partial charge in [-0.25, -0.2) is 13.2 Å². The number of benzene rings is 1. The quantitative estimate of drug-likeness (QED) is 0.604. The zero-order chi connectivity index (χ0) is 20.5. The van der Waals surface area contributed by atoms with Gasteiger partial charge in [0, 0.05) is 11.4 Å². The molecule has 1 aromatic rings. The van der Waals surface area contributed by atoms with Crippen molar-refractivity contribution >= 4 is 27.4 Å². The minimum absolute atomic E-state index is 0.0405. The molecule has 1 fully saturated rings. The van der Waals surface area contributed by atoms with Gasteiger partial charge in [0.15, 0.2) is 15.6 Å². The van der Waals surface area contributed by atoms with Crippen molar-refractivity contribution in [1.82, 2.24) is 0 Å². The molecular weight excluding hydrogens is 412 g/mol. The third-order valence-corrected chi connectivity index (χ3v) is 7.39. The van der Waals surface area contributed by atoms with Crippen molar-refractivity contribution in [3.63, 3.8) is 0 Å². The lowest BCUT2D eigenvalue weighted by atomic mass is 9.94. The van der Waals surface area contributed by atoms with Gasteiger partial charge in [0.25, 0.3) is 0 Å². The highest BCUT2D eigenvalue weighted by molar-refractivity contribution is 7.91. The average molecular weight is 433 g/mol. The van der Waals surface area contributed by atoms with E-state index in [2.05, 4.69) is 0 Å². The SMILES string of the molecule is O=C(O)C1=CC2(CCC1S(=O)(=O)Cc1ccccc1Cl)O[C@@H](CO)[C@H](CO)O2. The second kappa shape index (κ2) is 8.10. The molecule has 1 aliphatic heterocycles. The molecular formula is C18H21ClO8S. The number of hydrogen-bond acceptors (Lipinski definition) is 7. The van der Waals surface area contributed by atoms with Crippen molar-refractivity contribution < 1.29 is 38.0 Å². The summed E-state index contributed by atoms with van der Waals surface area (Å²) < 4.78 is 37.2. The van der Waals surface area contributed by atoms with Crippen molar-refractivity contribution in [2.75, 3.05) is 13.2 Å². The predicted molar refractivity (Wildman–Crippen MR) is 99.5 cm³/mol. The van der Waals surface area contributed by atoms with Gasteiger partial charge < -0.3 is 24.8 Å². The number of halogens is 1. The number of carboxylic acid groups (broad SMARTS) is 1. The Hall–Kier alpha value is -1.49. The lowest BCUT2D eigenvalue weighted by Gasteiger charge is -2.33. The smallest absolute Gasteiger partial charge is 0.332 e. The molecule has 0 saturated carbocycles. The molecule has 1 saturated heterocycles. The number of aliphatic hydroxyl groups is 2. The van der Waals surface area contributed by atoms with Crippen LogP contribution in [-0.2, 0) is 29.9 Å². The molecule has 8 nitrogen and oxygen atoms in total. The fourth-order valence-corrected chi connectivity index (χ4v) is 5.78. The summed E-state index contributed by atoms with van der Waals surface area (Å²) in [5, 5.41) is 27.4. The number of hydrogen-bond donors (Lipinski definition) is 3. The zero-order valence-electron chi connectivity index (χ0n) is 14.8.